The highest BCUT2D eigenvalue weighted by Gasteiger charge is 2.43. The minimum Gasteiger partial charge on any atom is -0.388 e. The summed E-state index contributed by atoms with van der Waals surface area (Å²) in [5.41, 5.74) is 0.257. The van der Waals surface area contributed by atoms with Crippen molar-refractivity contribution < 1.29 is 15.0 Å². The molecule has 26 heavy (non-hydrogen) atoms. The molecule has 1 fully saturated rings. The van der Waals surface area contributed by atoms with Crippen molar-refractivity contribution in [1.82, 2.24) is 14.7 Å². The third-order valence-corrected chi connectivity index (χ3v) is 5.17. The summed E-state index contributed by atoms with van der Waals surface area (Å²) in [4.78, 5) is 14.3. The van der Waals surface area contributed by atoms with E-state index in [4.69, 9.17) is 0 Å². The quantitative estimate of drug-likeness (QED) is 0.750. The fraction of sp³-hybridized carbons (Fsp3) is 0.300. The lowest BCUT2D eigenvalue weighted by Gasteiger charge is -2.42. The van der Waals surface area contributed by atoms with Crippen molar-refractivity contribution in [1.29, 1.82) is 0 Å². The van der Waals surface area contributed by atoms with Gasteiger partial charge in [0, 0.05) is 24.9 Å². The topological polar surface area (TPSA) is 78.6 Å². The molecule has 1 aliphatic rings. The van der Waals surface area contributed by atoms with Gasteiger partial charge in [0.1, 0.15) is 18.2 Å². The zero-order valence-electron chi connectivity index (χ0n) is 14.3. The van der Waals surface area contributed by atoms with Gasteiger partial charge in [-0.2, -0.15) is 5.10 Å². The highest BCUT2D eigenvalue weighted by molar-refractivity contribution is 5.82. The number of piperidine rings is 1. The van der Waals surface area contributed by atoms with Gasteiger partial charge in [-0.3, -0.25) is 9.48 Å². The van der Waals surface area contributed by atoms with Crippen LogP contribution in [0.4, 0.5) is 0 Å². The molecule has 0 spiro atoms. The summed E-state index contributed by atoms with van der Waals surface area (Å²) >= 11 is 0. The van der Waals surface area contributed by atoms with Crippen molar-refractivity contribution in [3.63, 3.8) is 0 Å². The molecule has 0 unspecified atom stereocenters. The summed E-state index contributed by atoms with van der Waals surface area (Å²) in [5, 5.41) is 26.7. The molecule has 2 heterocycles. The average molecular weight is 351 g/mol. The maximum absolute atomic E-state index is 12.7. The molecule has 1 aromatic heterocycles. The number of likely N-dealkylation sites (tertiary alicyclic amines) is 1. The third kappa shape index (κ3) is 2.87. The van der Waals surface area contributed by atoms with Crippen LogP contribution in [0.3, 0.4) is 0 Å². The Balaban J connectivity index is 1.48. The zero-order valence-corrected chi connectivity index (χ0v) is 14.3. The first-order valence-corrected chi connectivity index (χ1v) is 8.72. The Morgan fingerprint density at radius 2 is 1.88 bits per heavy atom. The molecular formula is C20H21N3O3. The number of carbonyl (C=O) groups excluding carboxylic acids is 1. The van der Waals surface area contributed by atoms with Crippen molar-refractivity contribution in [3.8, 4) is 0 Å². The minimum absolute atomic E-state index is 0.101. The molecule has 1 saturated heterocycles. The lowest BCUT2D eigenvalue weighted by molar-refractivity contribution is -0.152. The van der Waals surface area contributed by atoms with Gasteiger partial charge in [0.2, 0.25) is 5.91 Å². The summed E-state index contributed by atoms with van der Waals surface area (Å²) < 4.78 is 1.67. The van der Waals surface area contributed by atoms with Gasteiger partial charge in [-0.1, -0.05) is 48.5 Å². The molecule has 3 aromatic rings. The number of nitrogens with zero attached hydrogens (tertiary/aromatic N) is 3. The fourth-order valence-electron chi connectivity index (χ4n) is 3.59. The van der Waals surface area contributed by atoms with Crippen LogP contribution < -0.4 is 0 Å². The van der Waals surface area contributed by atoms with E-state index in [2.05, 4.69) is 5.10 Å². The largest absolute Gasteiger partial charge is 0.388 e. The molecule has 2 atom stereocenters. The van der Waals surface area contributed by atoms with Gasteiger partial charge in [0.05, 0.1) is 11.7 Å². The van der Waals surface area contributed by atoms with Crippen molar-refractivity contribution in [2.75, 3.05) is 13.1 Å². The first-order valence-electron chi connectivity index (χ1n) is 8.72. The SMILES string of the molecule is O=C(Cn1ncc2ccccc21)N1CC[C@](O)(c2ccccc2)[C@@H](O)C1. The predicted molar refractivity (Wildman–Crippen MR) is 97.3 cm³/mol. The minimum atomic E-state index is -1.32. The zero-order chi connectivity index (χ0) is 18.1. The lowest BCUT2D eigenvalue weighted by atomic mass is 9.82. The molecule has 4 rings (SSSR count). The first-order chi connectivity index (χ1) is 12.6. The molecule has 0 aliphatic carbocycles. The Hall–Kier alpha value is -2.70. The molecule has 134 valence electrons. The maximum atomic E-state index is 12.7. The first kappa shape index (κ1) is 16.8. The van der Waals surface area contributed by atoms with Gasteiger partial charge >= 0.3 is 0 Å². The van der Waals surface area contributed by atoms with Crippen LogP contribution in [0.2, 0.25) is 0 Å². The van der Waals surface area contributed by atoms with Crippen LogP contribution in [0.5, 0.6) is 0 Å². The standard InChI is InChI=1S/C20H21N3O3/c24-18-13-22(11-10-20(18,26)16-7-2-1-3-8-16)19(25)14-23-17-9-5-4-6-15(17)12-21-23/h1-9,12,18,24,26H,10-11,13-14H2/t18-,20-/m0/s1. The highest BCUT2D eigenvalue weighted by atomic mass is 16.3. The Bertz CT molecular complexity index is 924. The number of rotatable bonds is 3. The van der Waals surface area contributed by atoms with Gasteiger partial charge in [0.25, 0.3) is 0 Å². The molecule has 1 amide bonds. The molecular weight excluding hydrogens is 330 g/mol. The van der Waals surface area contributed by atoms with Gasteiger partial charge < -0.3 is 15.1 Å². The number of aromatic nitrogens is 2. The van der Waals surface area contributed by atoms with E-state index >= 15 is 0 Å². The van der Waals surface area contributed by atoms with E-state index in [0.29, 0.717) is 18.5 Å². The Morgan fingerprint density at radius 3 is 2.65 bits per heavy atom. The monoisotopic (exact) mass is 351 g/mol. The molecule has 2 N–H and O–H groups in total. The summed E-state index contributed by atoms with van der Waals surface area (Å²) in [6.45, 7) is 0.605. The van der Waals surface area contributed by atoms with Crippen molar-refractivity contribution in [3.05, 3.63) is 66.4 Å². The van der Waals surface area contributed by atoms with E-state index in [9.17, 15) is 15.0 Å². The Morgan fingerprint density at radius 1 is 1.15 bits per heavy atom. The molecule has 1 aliphatic heterocycles. The van der Waals surface area contributed by atoms with E-state index in [-0.39, 0.29) is 19.0 Å². The molecule has 0 saturated carbocycles. The van der Waals surface area contributed by atoms with Crippen LogP contribution in [0.25, 0.3) is 10.9 Å². The molecule has 0 bridgehead atoms. The number of benzene rings is 2. The molecule has 2 aromatic carbocycles. The average Bonchev–Trinajstić information content (AvgIpc) is 3.08. The van der Waals surface area contributed by atoms with Crippen LogP contribution in [0.1, 0.15) is 12.0 Å². The van der Waals surface area contributed by atoms with E-state index in [1.54, 1.807) is 27.9 Å². The highest BCUT2D eigenvalue weighted by Crippen LogP contribution is 2.33. The third-order valence-electron chi connectivity index (χ3n) is 5.17. The van der Waals surface area contributed by atoms with Crippen LogP contribution in [-0.4, -0.2) is 50.0 Å². The molecule has 6 nitrogen and oxygen atoms in total. The normalized spacial score (nSPS) is 23.3. The summed E-state index contributed by atoms with van der Waals surface area (Å²) in [7, 11) is 0. The number of β-amino-alcohol motifs (C(OH)–C–C–N with tert-alkyl or cyclic N) is 1. The van der Waals surface area contributed by atoms with Crippen LogP contribution in [0, 0.1) is 0 Å². The lowest BCUT2D eigenvalue weighted by Crippen LogP contribution is -2.55. The second-order valence-corrected chi connectivity index (χ2v) is 6.76. The summed E-state index contributed by atoms with van der Waals surface area (Å²) in [6, 6.07) is 16.9. The van der Waals surface area contributed by atoms with Crippen molar-refractivity contribution in [2.45, 2.75) is 24.7 Å². The van der Waals surface area contributed by atoms with Gasteiger partial charge in [-0.15, -0.1) is 0 Å². The smallest absolute Gasteiger partial charge is 0.244 e. The predicted octanol–water partition coefficient (Wildman–Crippen LogP) is 1.52. The van der Waals surface area contributed by atoms with E-state index in [1.165, 1.54) is 0 Å². The Kier molecular flexibility index (Phi) is 4.22. The van der Waals surface area contributed by atoms with Gasteiger partial charge in [0.15, 0.2) is 0 Å². The van der Waals surface area contributed by atoms with Crippen molar-refractivity contribution >= 4 is 16.8 Å². The number of hydrogen-bond acceptors (Lipinski definition) is 4. The van der Waals surface area contributed by atoms with Gasteiger partial charge in [-0.25, -0.2) is 0 Å². The van der Waals surface area contributed by atoms with Gasteiger partial charge in [-0.05, 0) is 11.6 Å². The molecule has 6 heteroatoms. The maximum Gasteiger partial charge on any atom is 0.244 e. The van der Waals surface area contributed by atoms with E-state index in [0.717, 1.165) is 10.9 Å². The molecule has 0 radical (unpaired) electrons. The van der Waals surface area contributed by atoms with Crippen LogP contribution >= 0.6 is 0 Å². The van der Waals surface area contributed by atoms with E-state index in [1.807, 2.05) is 42.5 Å². The number of amides is 1. The number of aliphatic hydroxyl groups is 2. The fourth-order valence-corrected chi connectivity index (χ4v) is 3.59. The second-order valence-electron chi connectivity index (χ2n) is 6.76. The summed E-state index contributed by atoms with van der Waals surface area (Å²) in [6.07, 6.45) is 1.00. The number of aliphatic hydroxyl groups excluding tert-OH is 1. The van der Waals surface area contributed by atoms with Crippen molar-refractivity contribution in [2.24, 2.45) is 0 Å². The number of hydrogen-bond donors (Lipinski definition) is 2. The second kappa shape index (κ2) is 6.55. The van der Waals surface area contributed by atoms with Crippen LogP contribution in [-0.2, 0) is 16.9 Å². The Labute approximate surface area is 151 Å². The van der Waals surface area contributed by atoms with Crippen LogP contribution in [0.15, 0.2) is 60.8 Å². The number of carbonyl (C=O) groups is 1. The summed E-state index contributed by atoms with van der Waals surface area (Å²) in [5.74, 6) is -0.118. The number of fused-ring (bicyclic) bond motifs is 1. The number of para-hydroxylation sites is 1. The van der Waals surface area contributed by atoms with E-state index < -0.39 is 11.7 Å².